The Kier molecular flexibility index (Phi) is 4.95. The third-order valence-corrected chi connectivity index (χ3v) is 8.72. The number of aryl methyl sites for hydroxylation is 2. The number of benzene rings is 2. The van der Waals surface area contributed by atoms with Gasteiger partial charge in [0.1, 0.15) is 0 Å². The first-order valence-corrected chi connectivity index (χ1v) is 13.2. The minimum absolute atomic E-state index is 0.0000388. The Balaban J connectivity index is 1.21. The summed E-state index contributed by atoms with van der Waals surface area (Å²) in [6, 6.07) is 18.0. The van der Waals surface area contributed by atoms with E-state index in [2.05, 4.69) is 57.6 Å². The van der Waals surface area contributed by atoms with Gasteiger partial charge in [0.15, 0.2) is 0 Å². The van der Waals surface area contributed by atoms with E-state index >= 15 is 0 Å². The molecule has 37 heavy (non-hydrogen) atoms. The van der Waals surface area contributed by atoms with Crippen molar-refractivity contribution >= 4 is 22.5 Å². The van der Waals surface area contributed by atoms with E-state index < -0.39 is 0 Å². The summed E-state index contributed by atoms with van der Waals surface area (Å²) in [6.45, 7) is 4.09. The van der Waals surface area contributed by atoms with Crippen LogP contribution in [0.15, 0.2) is 60.9 Å². The SMILES string of the molecule is Cc1ccc(N2CC3CC(C2)N3C)cc1C(=O)NC1(c2cc(-c3cnn(C)c3)nc3ccccc23)CC1. The molecular weight excluding hydrogens is 460 g/mol. The van der Waals surface area contributed by atoms with Gasteiger partial charge in [0.2, 0.25) is 0 Å². The lowest BCUT2D eigenvalue weighted by Gasteiger charge is -2.55. The van der Waals surface area contributed by atoms with Gasteiger partial charge in [-0.1, -0.05) is 24.3 Å². The van der Waals surface area contributed by atoms with Gasteiger partial charge in [0, 0.05) is 60.6 Å². The molecule has 1 N–H and O–H groups in total. The highest BCUT2D eigenvalue weighted by Crippen LogP contribution is 2.49. The van der Waals surface area contributed by atoms with Crippen molar-refractivity contribution in [3.8, 4) is 11.3 Å². The smallest absolute Gasteiger partial charge is 0.252 e. The number of nitrogens with zero attached hydrogens (tertiary/aromatic N) is 5. The molecule has 4 aliphatic rings. The van der Waals surface area contributed by atoms with Crippen molar-refractivity contribution in [3.05, 3.63) is 77.6 Å². The van der Waals surface area contributed by atoms with Crippen LogP contribution in [0.1, 0.15) is 40.7 Å². The van der Waals surface area contributed by atoms with Gasteiger partial charge in [-0.05, 0) is 68.6 Å². The predicted molar refractivity (Wildman–Crippen MR) is 146 cm³/mol. The standard InChI is InChI=1S/C30H32N6O/c1-19-8-9-21(36-17-22-12-23(18-36)35(22)3)13-25(19)29(37)33-30(10-11-30)26-14-28(20-15-31-34(2)16-20)32-27-7-5-4-6-24(26)27/h4-9,13-16,22-23H,10-12,17-18H2,1-3H3,(H,33,37). The summed E-state index contributed by atoms with van der Waals surface area (Å²) in [6.07, 6.45) is 6.95. The van der Waals surface area contributed by atoms with Gasteiger partial charge in [-0.2, -0.15) is 5.10 Å². The Hall–Kier alpha value is -3.71. The molecular formula is C30H32N6O. The summed E-state index contributed by atoms with van der Waals surface area (Å²) in [4.78, 5) is 23.6. The molecule has 2 atom stereocenters. The second-order valence-electron chi connectivity index (χ2n) is 11.1. The van der Waals surface area contributed by atoms with E-state index in [-0.39, 0.29) is 11.4 Å². The number of fused-ring (bicyclic) bond motifs is 3. The fourth-order valence-corrected chi connectivity index (χ4v) is 6.20. The Morgan fingerprint density at radius 3 is 2.54 bits per heavy atom. The summed E-state index contributed by atoms with van der Waals surface area (Å²) in [5.41, 5.74) is 6.48. The lowest BCUT2D eigenvalue weighted by atomic mass is 9.88. The van der Waals surface area contributed by atoms with E-state index in [0.717, 1.165) is 70.5 Å². The van der Waals surface area contributed by atoms with Gasteiger partial charge < -0.3 is 10.2 Å². The normalized spacial score (nSPS) is 22.1. The minimum atomic E-state index is -0.380. The van der Waals surface area contributed by atoms with Gasteiger partial charge in [-0.25, -0.2) is 4.98 Å². The van der Waals surface area contributed by atoms with Gasteiger partial charge in [0.05, 0.1) is 22.9 Å². The van der Waals surface area contributed by atoms with Crippen LogP contribution >= 0.6 is 0 Å². The zero-order valence-electron chi connectivity index (χ0n) is 21.6. The Labute approximate surface area is 217 Å². The van der Waals surface area contributed by atoms with Crippen LogP contribution in [0, 0.1) is 6.92 Å². The van der Waals surface area contributed by atoms with Crippen molar-refractivity contribution in [1.29, 1.82) is 0 Å². The third kappa shape index (κ3) is 3.72. The summed E-state index contributed by atoms with van der Waals surface area (Å²) in [7, 11) is 4.14. The molecule has 188 valence electrons. The van der Waals surface area contributed by atoms with Crippen molar-refractivity contribution in [2.45, 2.75) is 43.8 Å². The maximum Gasteiger partial charge on any atom is 0.252 e. The molecule has 1 saturated carbocycles. The second-order valence-corrected chi connectivity index (χ2v) is 11.1. The number of nitrogens with one attached hydrogen (secondary N) is 1. The molecule has 2 aromatic carbocycles. The third-order valence-electron chi connectivity index (χ3n) is 8.72. The van der Waals surface area contributed by atoms with Crippen LogP contribution in [-0.4, -0.2) is 57.8 Å². The number of hydrogen-bond donors (Lipinski definition) is 1. The average Bonchev–Trinajstić information content (AvgIpc) is 3.57. The quantitative estimate of drug-likeness (QED) is 0.451. The van der Waals surface area contributed by atoms with Crippen molar-refractivity contribution in [2.24, 2.45) is 7.05 Å². The van der Waals surface area contributed by atoms with E-state index in [1.54, 1.807) is 4.68 Å². The fourth-order valence-electron chi connectivity index (χ4n) is 6.20. The first-order chi connectivity index (χ1) is 17.9. The molecule has 7 heteroatoms. The van der Waals surface area contributed by atoms with Crippen LogP contribution in [-0.2, 0) is 12.6 Å². The highest BCUT2D eigenvalue weighted by molar-refractivity contribution is 5.98. The summed E-state index contributed by atoms with van der Waals surface area (Å²) >= 11 is 0. The topological polar surface area (TPSA) is 66.3 Å². The van der Waals surface area contributed by atoms with E-state index in [0.29, 0.717) is 12.1 Å². The Morgan fingerprint density at radius 1 is 1.05 bits per heavy atom. The molecule has 2 unspecified atom stereocenters. The molecule has 4 fully saturated rings. The molecule has 5 heterocycles. The number of anilines is 1. The maximum atomic E-state index is 13.8. The van der Waals surface area contributed by atoms with E-state index in [1.807, 2.05) is 44.6 Å². The van der Waals surface area contributed by atoms with Crippen LogP contribution in [0.4, 0.5) is 5.69 Å². The number of likely N-dealkylation sites (N-methyl/N-ethyl adjacent to an activating group) is 1. The second kappa shape index (κ2) is 8.15. The lowest BCUT2D eigenvalue weighted by molar-refractivity contribution is 0.0264. The summed E-state index contributed by atoms with van der Waals surface area (Å²) < 4.78 is 1.79. The van der Waals surface area contributed by atoms with E-state index in [9.17, 15) is 4.79 Å². The molecule has 0 spiro atoms. The minimum Gasteiger partial charge on any atom is -0.368 e. The highest BCUT2D eigenvalue weighted by Gasteiger charge is 2.47. The number of hydrogen-bond acceptors (Lipinski definition) is 5. The van der Waals surface area contributed by atoms with Crippen molar-refractivity contribution in [1.82, 2.24) is 25.0 Å². The van der Waals surface area contributed by atoms with E-state index in [4.69, 9.17) is 4.98 Å². The van der Waals surface area contributed by atoms with Crippen molar-refractivity contribution in [2.75, 3.05) is 25.0 Å². The number of pyridine rings is 1. The fraction of sp³-hybridized carbons (Fsp3) is 0.367. The average molecular weight is 493 g/mol. The number of piperazine rings is 1. The largest absolute Gasteiger partial charge is 0.368 e. The molecule has 1 amide bonds. The molecule has 4 aromatic rings. The molecule has 2 bridgehead atoms. The number of carbonyl (C=O) groups excluding carboxylic acids is 1. The number of carbonyl (C=O) groups is 1. The van der Waals surface area contributed by atoms with Crippen LogP contribution in [0.5, 0.6) is 0 Å². The molecule has 1 aliphatic carbocycles. The lowest BCUT2D eigenvalue weighted by Crippen LogP contribution is -2.67. The van der Waals surface area contributed by atoms with Crippen LogP contribution in [0.3, 0.4) is 0 Å². The zero-order valence-corrected chi connectivity index (χ0v) is 21.6. The Morgan fingerprint density at radius 2 is 1.84 bits per heavy atom. The molecule has 3 aliphatic heterocycles. The monoisotopic (exact) mass is 492 g/mol. The van der Waals surface area contributed by atoms with Gasteiger partial charge in [-0.3, -0.25) is 14.4 Å². The first-order valence-electron chi connectivity index (χ1n) is 13.2. The number of aromatic nitrogens is 3. The predicted octanol–water partition coefficient (Wildman–Crippen LogP) is 4.26. The molecule has 0 radical (unpaired) electrons. The van der Waals surface area contributed by atoms with Gasteiger partial charge >= 0.3 is 0 Å². The number of amides is 1. The summed E-state index contributed by atoms with van der Waals surface area (Å²) in [5, 5.41) is 8.89. The first kappa shape index (κ1) is 22.5. The number of piperidine rings is 1. The number of para-hydroxylation sites is 1. The van der Waals surface area contributed by atoms with Crippen LogP contribution in [0.2, 0.25) is 0 Å². The maximum absolute atomic E-state index is 13.8. The number of rotatable bonds is 5. The molecule has 3 saturated heterocycles. The summed E-state index contributed by atoms with van der Waals surface area (Å²) in [5.74, 6) is -0.0000388. The van der Waals surface area contributed by atoms with Crippen molar-refractivity contribution in [3.63, 3.8) is 0 Å². The highest BCUT2D eigenvalue weighted by atomic mass is 16.1. The van der Waals surface area contributed by atoms with Gasteiger partial charge in [0.25, 0.3) is 5.91 Å². The molecule has 7 nitrogen and oxygen atoms in total. The molecule has 2 aromatic heterocycles. The zero-order chi connectivity index (χ0) is 25.3. The van der Waals surface area contributed by atoms with Gasteiger partial charge in [-0.15, -0.1) is 0 Å². The van der Waals surface area contributed by atoms with Crippen molar-refractivity contribution < 1.29 is 4.79 Å². The van der Waals surface area contributed by atoms with E-state index in [1.165, 1.54) is 6.42 Å². The molecule has 8 rings (SSSR count). The Bertz CT molecular complexity index is 1520. The van der Waals surface area contributed by atoms with Crippen LogP contribution < -0.4 is 10.2 Å². The van der Waals surface area contributed by atoms with Crippen LogP contribution in [0.25, 0.3) is 22.2 Å².